The Kier molecular flexibility index (Phi) is 4.86. The van der Waals surface area contributed by atoms with E-state index in [4.69, 9.17) is 0 Å². The van der Waals surface area contributed by atoms with E-state index in [1.807, 2.05) is 43.3 Å². The van der Waals surface area contributed by atoms with Gasteiger partial charge in [0.05, 0.1) is 11.1 Å². The smallest absolute Gasteiger partial charge is 0.164 e. The molecular weight excluding hydrogens is 408 g/mol. The van der Waals surface area contributed by atoms with E-state index in [0.717, 1.165) is 32.0 Å². The molecule has 0 aliphatic rings. The van der Waals surface area contributed by atoms with E-state index < -0.39 is 0 Å². The Labute approximate surface area is 164 Å². The highest BCUT2D eigenvalue weighted by molar-refractivity contribution is 9.10. The average Bonchev–Trinajstić information content (AvgIpc) is 2.65. The Morgan fingerprint density at radius 2 is 1.81 bits per heavy atom. The zero-order valence-corrected chi connectivity index (χ0v) is 16.4. The SMILES string of the molecule is Cc1ccc2c(Nc3cc(Br)ccc3Sc3ccccc3)ncnc2n1. The van der Waals surface area contributed by atoms with Crippen molar-refractivity contribution in [3.05, 3.63) is 77.2 Å². The molecule has 6 heteroatoms. The van der Waals surface area contributed by atoms with Crippen LogP contribution in [0.2, 0.25) is 0 Å². The van der Waals surface area contributed by atoms with Gasteiger partial charge in [0.2, 0.25) is 0 Å². The van der Waals surface area contributed by atoms with Crippen LogP contribution in [0.25, 0.3) is 11.0 Å². The molecule has 0 saturated heterocycles. The first-order valence-corrected chi connectivity index (χ1v) is 9.68. The highest BCUT2D eigenvalue weighted by Gasteiger charge is 2.10. The molecule has 0 atom stereocenters. The molecular formula is C20H15BrN4S. The summed E-state index contributed by atoms with van der Waals surface area (Å²) < 4.78 is 1.00. The molecule has 4 nitrogen and oxygen atoms in total. The van der Waals surface area contributed by atoms with Crippen LogP contribution in [-0.2, 0) is 0 Å². The minimum Gasteiger partial charge on any atom is -0.339 e. The van der Waals surface area contributed by atoms with Gasteiger partial charge in [-0.15, -0.1) is 0 Å². The molecule has 128 valence electrons. The minimum atomic E-state index is 0.690. The van der Waals surface area contributed by atoms with Crippen molar-refractivity contribution in [3.63, 3.8) is 0 Å². The Morgan fingerprint density at radius 1 is 0.962 bits per heavy atom. The largest absolute Gasteiger partial charge is 0.339 e. The highest BCUT2D eigenvalue weighted by atomic mass is 79.9. The first-order valence-electron chi connectivity index (χ1n) is 8.07. The zero-order chi connectivity index (χ0) is 17.9. The summed E-state index contributed by atoms with van der Waals surface area (Å²) in [4.78, 5) is 15.5. The van der Waals surface area contributed by atoms with E-state index in [0.29, 0.717) is 5.65 Å². The van der Waals surface area contributed by atoms with Crippen LogP contribution in [-0.4, -0.2) is 15.0 Å². The Morgan fingerprint density at radius 3 is 2.65 bits per heavy atom. The number of benzene rings is 2. The number of hydrogen-bond acceptors (Lipinski definition) is 5. The molecule has 0 aliphatic carbocycles. The second-order valence-electron chi connectivity index (χ2n) is 5.73. The molecule has 0 amide bonds. The van der Waals surface area contributed by atoms with Crippen LogP contribution in [0.4, 0.5) is 11.5 Å². The van der Waals surface area contributed by atoms with Crippen LogP contribution < -0.4 is 5.32 Å². The fourth-order valence-corrected chi connectivity index (χ4v) is 3.83. The normalized spacial score (nSPS) is 10.8. The van der Waals surface area contributed by atoms with Gasteiger partial charge in [0.25, 0.3) is 0 Å². The lowest BCUT2D eigenvalue weighted by Gasteiger charge is -2.13. The van der Waals surface area contributed by atoms with Crippen molar-refractivity contribution in [2.75, 3.05) is 5.32 Å². The first-order chi connectivity index (χ1) is 12.7. The van der Waals surface area contributed by atoms with Gasteiger partial charge in [0.15, 0.2) is 5.65 Å². The molecule has 2 aromatic carbocycles. The number of aryl methyl sites for hydroxylation is 1. The van der Waals surface area contributed by atoms with Crippen LogP contribution in [0.5, 0.6) is 0 Å². The van der Waals surface area contributed by atoms with Crippen molar-refractivity contribution in [2.45, 2.75) is 16.7 Å². The predicted molar refractivity (Wildman–Crippen MR) is 110 cm³/mol. The third-order valence-corrected chi connectivity index (χ3v) is 5.38. The Balaban J connectivity index is 1.73. The van der Waals surface area contributed by atoms with Gasteiger partial charge < -0.3 is 5.32 Å². The second-order valence-corrected chi connectivity index (χ2v) is 7.76. The number of aromatic nitrogens is 3. The van der Waals surface area contributed by atoms with Gasteiger partial charge in [-0.2, -0.15) is 0 Å². The van der Waals surface area contributed by atoms with Crippen LogP contribution in [0.1, 0.15) is 5.69 Å². The molecule has 2 aromatic heterocycles. The van der Waals surface area contributed by atoms with Gasteiger partial charge in [-0.05, 0) is 49.4 Å². The fourth-order valence-electron chi connectivity index (χ4n) is 2.57. The van der Waals surface area contributed by atoms with Crippen molar-refractivity contribution >= 4 is 50.2 Å². The van der Waals surface area contributed by atoms with Crippen molar-refractivity contribution < 1.29 is 0 Å². The number of nitrogens with zero attached hydrogens (tertiary/aromatic N) is 3. The lowest BCUT2D eigenvalue weighted by Crippen LogP contribution is -1.99. The molecule has 1 N–H and O–H groups in total. The van der Waals surface area contributed by atoms with Gasteiger partial charge in [-0.25, -0.2) is 15.0 Å². The van der Waals surface area contributed by atoms with Crippen molar-refractivity contribution in [1.29, 1.82) is 0 Å². The molecule has 26 heavy (non-hydrogen) atoms. The quantitative estimate of drug-likeness (QED) is 0.437. The number of rotatable bonds is 4. The summed E-state index contributed by atoms with van der Waals surface area (Å²) in [6, 6.07) is 20.5. The first kappa shape index (κ1) is 17.0. The van der Waals surface area contributed by atoms with Gasteiger partial charge in [-0.1, -0.05) is 45.9 Å². The van der Waals surface area contributed by atoms with E-state index in [1.165, 1.54) is 4.90 Å². The van der Waals surface area contributed by atoms with Crippen LogP contribution in [0.15, 0.2) is 81.3 Å². The summed E-state index contributed by atoms with van der Waals surface area (Å²) in [6.07, 6.45) is 1.54. The molecule has 0 bridgehead atoms. The van der Waals surface area contributed by atoms with Crippen LogP contribution >= 0.6 is 27.7 Å². The third kappa shape index (κ3) is 3.71. The van der Waals surface area contributed by atoms with Crippen LogP contribution in [0, 0.1) is 6.92 Å². The maximum Gasteiger partial charge on any atom is 0.164 e. The van der Waals surface area contributed by atoms with E-state index in [9.17, 15) is 0 Å². The predicted octanol–water partition coefficient (Wildman–Crippen LogP) is 5.99. The van der Waals surface area contributed by atoms with E-state index in [1.54, 1.807) is 18.1 Å². The van der Waals surface area contributed by atoms with Crippen molar-refractivity contribution in [1.82, 2.24) is 15.0 Å². The summed E-state index contributed by atoms with van der Waals surface area (Å²) in [5.74, 6) is 0.746. The molecule has 0 saturated carbocycles. The molecule has 4 rings (SSSR count). The number of nitrogens with one attached hydrogen (secondary N) is 1. The van der Waals surface area contributed by atoms with E-state index in [-0.39, 0.29) is 0 Å². The zero-order valence-electron chi connectivity index (χ0n) is 14.0. The summed E-state index contributed by atoms with van der Waals surface area (Å²) in [5, 5.41) is 4.35. The maximum absolute atomic E-state index is 4.48. The van der Waals surface area contributed by atoms with E-state index >= 15 is 0 Å². The number of hydrogen-bond donors (Lipinski definition) is 1. The lowest BCUT2D eigenvalue weighted by atomic mass is 10.2. The molecule has 0 spiro atoms. The Hall–Kier alpha value is -2.44. The standard InChI is InChI=1S/C20H15BrN4S/c1-13-7-9-16-19(24-13)22-12-23-20(16)25-17-11-14(21)8-10-18(17)26-15-5-3-2-4-6-15/h2-12H,1H3,(H,22,23,24,25). The van der Waals surface area contributed by atoms with Crippen molar-refractivity contribution in [2.24, 2.45) is 0 Å². The number of halogens is 1. The van der Waals surface area contributed by atoms with Gasteiger partial charge >= 0.3 is 0 Å². The van der Waals surface area contributed by atoms with Gasteiger partial charge in [-0.3, -0.25) is 0 Å². The minimum absolute atomic E-state index is 0.690. The summed E-state index contributed by atoms with van der Waals surface area (Å²) >= 11 is 5.27. The lowest BCUT2D eigenvalue weighted by molar-refractivity contribution is 1.15. The topological polar surface area (TPSA) is 50.7 Å². The van der Waals surface area contributed by atoms with Gasteiger partial charge in [0, 0.05) is 20.0 Å². The molecule has 0 unspecified atom stereocenters. The van der Waals surface area contributed by atoms with E-state index in [2.05, 4.69) is 60.5 Å². The third-order valence-electron chi connectivity index (χ3n) is 3.80. The summed E-state index contributed by atoms with van der Waals surface area (Å²) in [7, 11) is 0. The molecule has 0 fully saturated rings. The second kappa shape index (κ2) is 7.43. The monoisotopic (exact) mass is 422 g/mol. The van der Waals surface area contributed by atoms with Crippen LogP contribution in [0.3, 0.4) is 0 Å². The number of fused-ring (bicyclic) bond motifs is 1. The summed E-state index contributed by atoms with van der Waals surface area (Å²) in [5.41, 5.74) is 2.61. The summed E-state index contributed by atoms with van der Waals surface area (Å²) in [6.45, 7) is 1.96. The van der Waals surface area contributed by atoms with Gasteiger partial charge in [0.1, 0.15) is 12.1 Å². The molecule has 2 heterocycles. The molecule has 0 aliphatic heterocycles. The number of pyridine rings is 1. The van der Waals surface area contributed by atoms with Crippen molar-refractivity contribution in [3.8, 4) is 0 Å². The molecule has 0 radical (unpaired) electrons. The molecule has 4 aromatic rings. The maximum atomic E-state index is 4.48. The fraction of sp³-hybridized carbons (Fsp3) is 0.0500. The average molecular weight is 423 g/mol. The highest BCUT2D eigenvalue weighted by Crippen LogP contribution is 2.37. The Bertz CT molecular complexity index is 1070. The number of anilines is 2.